The lowest BCUT2D eigenvalue weighted by Crippen LogP contribution is -2.05. The molecule has 0 aliphatic rings. The average Bonchev–Trinajstić information content (AvgIpc) is 3.15. The van der Waals surface area contributed by atoms with Crippen LogP contribution >= 0.6 is 27.5 Å². The first-order chi connectivity index (χ1) is 14.9. The van der Waals surface area contributed by atoms with Gasteiger partial charge < -0.3 is 13.9 Å². The first-order valence-corrected chi connectivity index (χ1v) is 11.9. The third-order valence-electron chi connectivity index (χ3n) is 4.17. The van der Waals surface area contributed by atoms with Crippen molar-refractivity contribution in [1.29, 1.82) is 5.26 Å². The zero-order chi connectivity index (χ0) is 22.5. The minimum absolute atomic E-state index is 0.307. The zero-order valence-corrected chi connectivity index (χ0v) is 20.2. The number of aromatic nitrogens is 2. The number of benzene rings is 1. The van der Waals surface area contributed by atoms with E-state index in [2.05, 4.69) is 36.7 Å². The Hall–Kier alpha value is -2.67. The van der Waals surface area contributed by atoms with Crippen LogP contribution in [-0.4, -0.2) is 32.9 Å². The first kappa shape index (κ1) is 23.0. The van der Waals surface area contributed by atoms with Gasteiger partial charge in [0, 0.05) is 29.9 Å². The molecule has 0 spiro atoms. The molecule has 160 valence electrons. The third-order valence-corrected chi connectivity index (χ3v) is 5.59. The van der Waals surface area contributed by atoms with E-state index in [1.807, 2.05) is 19.1 Å². The van der Waals surface area contributed by atoms with Gasteiger partial charge in [0.25, 0.3) is 0 Å². The number of anilines is 1. The summed E-state index contributed by atoms with van der Waals surface area (Å²) in [6.07, 6.45) is 7.65. The molecule has 0 saturated heterocycles. The molecule has 0 fully saturated rings. The summed E-state index contributed by atoms with van der Waals surface area (Å²) in [5, 5.41) is 9.65. The maximum absolute atomic E-state index is 11.4. The fourth-order valence-corrected chi connectivity index (χ4v) is 4.18. The average molecular weight is 521 g/mol. The topological polar surface area (TPSA) is 91.8 Å². The van der Waals surface area contributed by atoms with Gasteiger partial charge in [-0.05, 0) is 46.6 Å². The summed E-state index contributed by atoms with van der Waals surface area (Å²) in [4.78, 5) is 9.26. The van der Waals surface area contributed by atoms with Crippen LogP contribution in [0.3, 0.4) is 0 Å². The van der Waals surface area contributed by atoms with E-state index < -0.39 is 11.0 Å². The Kier molecular flexibility index (Phi) is 7.49. The van der Waals surface area contributed by atoms with E-state index in [4.69, 9.17) is 16.3 Å². The van der Waals surface area contributed by atoms with Gasteiger partial charge in [-0.2, -0.15) is 5.26 Å². The largest absolute Gasteiger partial charge is 0.479 e. The van der Waals surface area contributed by atoms with Crippen molar-refractivity contribution in [3.8, 4) is 6.07 Å². The van der Waals surface area contributed by atoms with Crippen molar-refractivity contribution in [2.45, 2.75) is 13.3 Å². The number of nitrogens with zero attached hydrogens (tertiary/aromatic N) is 4. The summed E-state index contributed by atoms with van der Waals surface area (Å²) >= 11 is 9.93. The number of rotatable bonds is 6. The standard InChI is InChI=1S/C21H19BrClN5O2S/c1-4-5-18(15-7-6-14(9-17(15)23)27-31(3)29)26-21(30-2)19-12-28-11-13(10-24)8-16(22)20(28)25-19/h5-9,11-12,27H,4H2,1-3H3/b18-5+,26-21?. The Balaban J connectivity index is 2.06. The van der Waals surface area contributed by atoms with Crippen LogP contribution in [0.5, 0.6) is 0 Å². The van der Waals surface area contributed by atoms with Crippen LogP contribution in [0.4, 0.5) is 5.69 Å². The van der Waals surface area contributed by atoms with Gasteiger partial charge in [0.05, 0.1) is 27.9 Å². The number of aliphatic imine (C=N–C) groups is 1. The second-order valence-corrected chi connectivity index (χ2v) is 8.79. The molecule has 0 aliphatic carbocycles. The molecule has 0 saturated carbocycles. The van der Waals surface area contributed by atoms with Crippen LogP contribution in [-0.2, 0) is 15.7 Å². The number of hydrogen-bond donors (Lipinski definition) is 1. The second-order valence-electron chi connectivity index (χ2n) is 6.42. The summed E-state index contributed by atoms with van der Waals surface area (Å²) < 4.78 is 22.2. The Labute approximate surface area is 196 Å². The van der Waals surface area contributed by atoms with Crippen LogP contribution in [0.2, 0.25) is 5.02 Å². The molecule has 0 amide bonds. The van der Waals surface area contributed by atoms with E-state index in [0.29, 0.717) is 49.2 Å². The van der Waals surface area contributed by atoms with Gasteiger partial charge in [0.1, 0.15) is 22.7 Å². The van der Waals surface area contributed by atoms with Crippen LogP contribution in [0.1, 0.15) is 30.2 Å². The molecule has 1 atom stereocenters. The molecule has 10 heteroatoms. The molecule has 1 N–H and O–H groups in total. The highest BCUT2D eigenvalue weighted by Crippen LogP contribution is 2.29. The smallest absolute Gasteiger partial charge is 0.241 e. The van der Waals surface area contributed by atoms with Gasteiger partial charge >= 0.3 is 0 Å². The predicted octanol–water partition coefficient (Wildman–Crippen LogP) is 5.17. The highest BCUT2D eigenvalue weighted by molar-refractivity contribution is 9.10. The van der Waals surface area contributed by atoms with Gasteiger partial charge in [0.2, 0.25) is 5.90 Å². The molecule has 2 aromatic heterocycles. The van der Waals surface area contributed by atoms with Crippen molar-refractivity contribution in [1.82, 2.24) is 9.38 Å². The van der Waals surface area contributed by atoms with E-state index in [0.717, 1.165) is 6.42 Å². The van der Waals surface area contributed by atoms with Gasteiger partial charge in [-0.1, -0.05) is 24.6 Å². The normalized spacial score (nSPS) is 13.2. The monoisotopic (exact) mass is 519 g/mol. The number of nitriles is 1. The molecule has 31 heavy (non-hydrogen) atoms. The zero-order valence-electron chi connectivity index (χ0n) is 17.0. The number of allylic oxidation sites excluding steroid dienone is 1. The van der Waals surface area contributed by atoms with E-state index in [1.165, 1.54) is 7.11 Å². The molecule has 0 radical (unpaired) electrons. The molecule has 0 aliphatic heterocycles. The molecule has 7 nitrogen and oxygen atoms in total. The number of hydrogen-bond acceptors (Lipinski definition) is 5. The van der Waals surface area contributed by atoms with Crippen molar-refractivity contribution in [3.05, 3.63) is 69.1 Å². The van der Waals surface area contributed by atoms with E-state index in [-0.39, 0.29) is 0 Å². The van der Waals surface area contributed by atoms with Crippen LogP contribution < -0.4 is 4.72 Å². The molecule has 3 aromatic rings. The summed E-state index contributed by atoms with van der Waals surface area (Å²) in [7, 11) is 0.322. The number of halogens is 2. The molecule has 0 bridgehead atoms. The Bertz CT molecular complexity index is 1260. The predicted molar refractivity (Wildman–Crippen MR) is 129 cm³/mol. The fourth-order valence-electron chi connectivity index (χ4n) is 2.90. The lowest BCUT2D eigenvalue weighted by Gasteiger charge is -2.10. The molecule has 1 aromatic carbocycles. The van der Waals surface area contributed by atoms with Crippen molar-refractivity contribution in [3.63, 3.8) is 0 Å². The van der Waals surface area contributed by atoms with Crippen LogP contribution in [0.25, 0.3) is 11.3 Å². The number of ether oxygens (including phenoxy) is 1. The number of pyridine rings is 1. The summed E-state index contributed by atoms with van der Waals surface area (Å²) in [5.41, 5.74) is 3.64. The summed E-state index contributed by atoms with van der Waals surface area (Å²) in [6.45, 7) is 2.00. The third kappa shape index (κ3) is 5.34. The molecule has 2 heterocycles. The summed E-state index contributed by atoms with van der Waals surface area (Å²) in [5.74, 6) is 0.307. The Morgan fingerprint density at radius 1 is 1.45 bits per heavy atom. The minimum atomic E-state index is -1.20. The molecular formula is C21H19BrClN5O2S. The number of fused-ring (bicyclic) bond motifs is 1. The number of imidazole rings is 1. The minimum Gasteiger partial charge on any atom is -0.479 e. The van der Waals surface area contributed by atoms with Gasteiger partial charge in [0.15, 0.2) is 5.65 Å². The van der Waals surface area contributed by atoms with E-state index in [9.17, 15) is 9.47 Å². The maximum Gasteiger partial charge on any atom is 0.241 e. The van der Waals surface area contributed by atoms with Crippen LogP contribution in [0.15, 0.2) is 52.2 Å². The van der Waals surface area contributed by atoms with Crippen LogP contribution in [0, 0.1) is 11.3 Å². The van der Waals surface area contributed by atoms with Gasteiger partial charge in [-0.25, -0.2) is 14.2 Å². The number of nitrogens with one attached hydrogen (secondary N) is 1. The molecule has 3 rings (SSSR count). The molecular weight excluding hydrogens is 502 g/mol. The fraction of sp³-hybridized carbons (Fsp3) is 0.190. The maximum atomic E-state index is 11.4. The second kappa shape index (κ2) is 10.1. The quantitative estimate of drug-likeness (QED) is 0.358. The lowest BCUT2D eigenvalue weighted by atomic mass is 10.1. The van der Waals surface area contributed by atoms with Gasteiger partial charge in [-0.15, -0.1) is 0 Å². The van der Waals surface area contributed by atoms with Crippen molar-refractivity contribution >= 4 is 61.4 Å². The SMILES string of the molecule is CC/C=C(/N=C(OC)c1cn2cc(C#N)cc(Br)c2n1)c1ccc(NS(C)=O)cc1Cl. The van der Waals surface area contributed by atoms with Crippen molar-refractivity contribution < 1.29 is 8.95 Å². The lowest BCUT2D eigenvalue weighted by molar-refractivity contribution is 0.404. The van der Waals surface area contributed by atoms with E-state index in [1.54, 1.807) is 41.2 Å². The summed E-state index contributed by atoms with van der Waals surface area (Å²) in [6, 6.07) is 9.13. The van der Waals surface area contributed by atoms with Gasteiger partial charge in [-0.3, -0.25) is 0 Å². The highest BCUT2D eigenvalue weighted by Gasteiger charge is 2.15. The Morgan fingerprint density at radius 3 is 2.84 bits per heavy atom. The van der Waals surface area contributed by atoms with Crippen molar-refractivity contribution in [2.75, 3.05) is 18.1 Å². The Morgan fingerprint density at radius 2 is 2.23 bits per heavy atom. The molecule has 1 unspecified atom stereocenters. The van der Waals surface area contributed by atoms with E-state index >= 15 is 0 Å². The van der Waals surface area contributed by atoms with Crippen molar-refractivity contribution in [2.24, 2.45) is 4.99 Å². The highest BCUT2D eigenvalue weighted by atomic mass is 79.9. The first-order valence-electron chi connectivity index (χ1n) is 9.17. The number of methoxy groups -OCH3 is 1.